The number of fused-ring (bicyclic) bond motifs is 1. The van der Waals surface area contributed by atoms with Gasteiger partial charge in [-0.3, -0.25) is 4.99 Å². The van der Waals surface area contributed by atoms with Crippen molar-refractivity contribution in [3.05, 3.63) is 99.5 Å². The highest BCUT2D eigenvalue weighted by molar-refractivity contribution is 9.10. The van der Waals surface area contributed by atoms with Gasteiger partial charge >= 0.3 is 0 Å². The SMILES string of the molecule is CCOc1cc(C=Nc2cccc(C)c2C)cc(Br)c1OCc1cccc2ccccc12. The first-order valence-electron chi connectivity index (χ1n) is 10.7. The highest BCUT2D eigenvalue weighted by atomic mass is 79.9. The zero-order valence-corrected chi connectivity index (χ0v) is 20.1. The normalized spacial score (nSPS) is 11.2. The van der Waals surface area contributed by atoms with E-state index in [1.165, 1.54) is 21.9 Å². The number of rotatable bonds is 7. The maximum atomic E-state index is 6.25. The van der Waals surface area contributed by atoms with Gasteiger partial charge in [0.2, 0.25) is 0 Å². The topological polar surface area (TPSA) is 30.8 Å². The molecule has 4 rings (SSSR count). The van der Waals surface area contributed by atoms with E-state index in [9.17, 15) is 0 Å². The Morgan fingerprint density at radius 2 is 1.69 bits per heavy atom. The summed E-state index contributed by atoms with van der Waals surface area (Å²) >= 11 is 3.68. The summed E-state index contributed by atoms with van der Waals surface area (Å²) in [7, 11) is 0. The Kier molecular flexibility index (Phi) is 6.91. The third kappa shape index (κ3) is 4.86. The van der Waals surface area contributed by atoms with Crippen molar-refractivity contribution < 1.29 is 9.47 Å². The summed E-state index contributed by atoms with van der Waals surface area (Å²) in [5.74, 6) is 1.40. The van der Waals surface area contributed by atoms with Crippen LogP contribution in [0.4, 0.5) is 5.69 Å². The lowest BCUT2D eigenvalue weighted by molar-refractivity contribution is 0.268. The van der Waals surface area contributed by atoms with Crippen LogP contribution in [0.25, 0.3) is 10.8 Å². The van der Waals surface area contributed by atoms with Crippen molar-refractivity contribution in [3.8, 4) is 11.5 Å². The average Bonchev–Trinajstić information content (AvgIpc) is 2.80. The highest BCUT2D eigenvalue weighted by Crippen LogP contribution is 2.37. The number of benzene rings is 4. The van der Waals surface area contributed by atoms with Gasteiger partial charge in [-0.05, 0) is 87.9 Å². The Balaban J connectivity index is 1.61. The molecule has 4 aromatic carbocycles. The monoisotopic (exact) mass is 487 g/mol. The molecule has 0 amide bonds. The predicted molar refractivity (Wildman–Crippen MR) is 137 cm³/mol. The Morgan fingerprint density at radius 1 is 0.906 bits per heavy atom. The van der Waals surface area contributed by atoms with Crippen molar-refractivity contribution in [2.45, 2.75) is 27.4 Å². The van der Waals surface area contributed by atoms with Crippen LogP contribution in [-0.4, -0.2) is 12.8 Å². The number of ether oxygens (including phenoxy) is 2. The average molecular weight is 488 g/mol. The molecule has 0 aliphatic carbocycles. The molecule has 0 fully saturated rings. The fourth-order valence-electron chi connectivity index (χ4n) is 3.65. The van der Waals surface area contributed by atoms with E-state index in [1.54, 1.807) is 0 Å². The van der Waals surface area contributed by atoms with Gasteiger partial charge in [-0.1, -0.05) is 54.6 Å². The van der Waals surface area contributed by atoms with Crippen LogP contribution >= 0.6 is 15.9 Å². The molecular weight excluding hydrogens is 462 g/mol. The zero-order valence-electron chi connectivity index (χ0n) is 18.6. The van der Waals surface area contributed by atoms with Gasteiger partial charge in [-0.15, -0.1) is 0 Å². The van der Waals surface area contributed by atoms with Crippen molar-refractivity contribution in [2.24, 2.45) is 4.99 Å². The van der Waals surface area contributed by atoms with E-state index in [4.69, 9.17) is 14.5 Å². The lowest BCUT2D eigenvalue weighted by atomic mass is 10.1. The predicted octanol–water partition coefficient (Wildman–Crippen LogP) is 7.95. The molecule has 32 heavy (non-hydrogen) atoms. The third-order valence-corrected chi connectivity index (χ3v) is 6.10. The molecule has 0 bridgehead atoms. The fraction of sp³-hybridized carbons (Fsp3) is 0.179. The van der Waals surface area contributed by atoms with Crippen LogP contribution in [0, 0.1) is 13.8 Å². The Hall–Kier alpha value is -3.11. The summed E-state index contributed by atoms with van der Waals surface area (Å²) in [5.41, 5.74) is 5.46. The Labute approximate surface area is 197 Å². The van der Waals surface area contributed by atoms with Gasteiger partial charge in [-0.25, -0.2) is 0 Å². The van der Waals surface area contributed by atoms with Crippen LogP contribution in [0.15, 0.2) is 82.3 Å². The summed E-state index contributed by atoms with van der Waals surface area (Å²) in [6.45, 7) is 7.16. The fourth-order valence-corrected chi connectivity index (χ4v) is 4.23. The maximum Gasteiger partial charge on any atom is 0.175 e. The summed E-state index contributed by atoms with van der Waals surface area (Å²) in [6, 6.07) is 24.8. The minimum absolute atomic E-state index is 0.454. The molecule has 0 heterocycles. The van der Waals surface area contributed by atoms with Gasteiger partial charge < -0.3 is 9.47 Å². The molecule has 4 aromatic rings. The third-order valence-electron chi connectivity index (χ3n) is 5.51. The van der Waals surface area contributed by atoms with Crippen LogP contribution in [0.2, 0.25) is 0 Å². The van der Waals surface area contributed by atoms with Crippen molar-refractivity contribution in [3.63, 3.8) is 0 Å². The highest BCUT2D eigenvalue weighted by Gasteiger charge is 2.13. The van der Waals surface area contributed by atoms with Gasteiger partial charge in [-0.2, -0.15) is 0 Å². The number of aliphatic imine (C=N–C) groups is 1. The van der Waals surface area contributed by atoms with E-state index in [1.807, 2.05) is 37.4 Å². The molecule has 0 N–H and O–H groups in total. The zero-order chi connectivity index (χ0) is 22.5. The van der Waals surface area contributed by atoms with Crippen molar-refractivity contribution in [2.75, 3.05) is 6.61 Å². The molecule has 0 radical (unpaired) electrons. The van der Waals surface area contributed by atoms with E-state index < -0.39 is 0 Å². The number of halogens is 1. The second kappa shape index (κ2) is 10.0. The molecule has 0 unspecified atom stereocenters. The van der Waals surface area contributed by atoms with Crippen LogP contribution in [0.3, 0.4) is 0 Å². The second-order valence-electron chi connectivity index (χ2n) is 7.67. The quantitative estimate of drug-likeness (QED) is 0.247. The Bertz CT molecular complexity index is 1270. The Morgan fingerprint density at radius 3 is 2.53 bits per heavy atom. The summed E-state index contributed by atoms with van der Waals surface area (Å²) in [6.07, 6.45) is 1.86. The first-order valence-corrected chi connectivity index (χ1v) is 11.5. The molecule has 0 spiro atoms. The van der Waals surface area contributed by atoms with E-state index in [-0.39, 0.29) is 0 Å². The molecule has 162 valence electrons. The summed E-state index contributed by atoms with van der Waals surface area (Å²) in [5, 5.41) is 2.40. The second-order valence-corrected chi connectivity index (χ2v) is 8.52. The maximum absolute atomic E-state index is 6.25. The standard InChI is InChI=1S/C28H26BrNO2/c1-4-31-27-16-21(17-30-26-14-7-9-19(2)20(26)3)15-25(29)28(27)32-18-23-12-8-11-22-10-5-6-13-24(22)23/h5-17H,4,18H2,1-3H3. The van der Waals surface area contributed by atoms with Gasteiger partial charge in [0, 0.05) is 6.21 Å². The largest absolute Gasteiger partial charge is 0.490 e. The first kappa shape index (κ1) is 22.1. The lowest BCUT2D eigenvalue weighted by Gasteiger charge is -2.15. The molecular formula is C28H26BrNO2. The molecule has 0 saturated heterocycles. The number of aryl methyl sites for hydroxylation is 1. The molecule has 0 aromatic heterocycles. The minimum atomic E-state index is 0.454. The van der Waals surface area contributed by atoms with Gasteiger partial charge in [0.25, 0.3) is 0 Å². The number of hydrogen-bond donors (Lipinski definition) is 0. The van der Waals surface area contributed by atoms with Crippen LogP contribution < -0.4 is 9.47 Å². The first-order chi connectivity index (χ1) is 15.6. The molecule has 3 nitrogen and oxygen atoms in total. The van der Waals surface area contributed by atoms with Crippen molar-refractivity contribution in [1.82, 2.24) is 0 Å². The number of hydrogen-bond acceptors (Lipinski definition) is 3. The van der Waals surface area contributed by atoms with Crippen LogP contribution in [0.5, 0.6) is 11.5 Å². The van der Waals surface area contributed by atoms with E-state index in [0.29, 0.717) is 24.7 Å². The van der Waals surface area contributed by atoms with Crippen LogP contribution in [0.1, 0.15) is 29.2 Å². The van der Waals surface area contributed by atoms with Crippen molar-refractivity contribution >= 4 is 38.6 Å². The molecule has 0 aliphatic rings. The van der Waals surface area contributed by atoms with E-state index in [2.05, 4.69) is 78.3 Å². The van der Waals surface area contributed by atoms with Gasteiger partial charge in [0.1, 0.15) is 6.61 Å². The van der Waals surface area contributed by atoms with E-state index in [0.717, 1.165) is 21.3 Å². The molecule has 0 aliphatic heterocycles. The smallest absolute Gasteiger partial charge is 0.175 e. The summed E-state index contributed by atoms with van der Waals surface area (Å²) < 4.78 is 13.0. The molecule has 0 saturated carbocycles. The molecule has 4 heteroatoms. The van der Waals surface area contributed by atoms with Crippen molar-refractivity contribution in [1.29, 1.82) is 0 Å². The van der Waals surface area contributed by atoms with Gasteiger partial charge in [0.05, 0.1) is 16.8 Å². The van der Waals surface area contributed by atoms with E-state index >= 15 is 0 Å². The lowest BCUT2D eigenvalue weighted by Crippen LogP contribution is -2.02. The van der Waals surface area contributed by atoms with Crippen LogP contribution in [-0.2, 0) is 6.61 Å². The minimum Gasteiger partial charge on any atom is -0.490 e. The molecule has 0 atom stereocenters. The summed E-state index contributed by atoms with van der Waals surface area (Å²) in [4.78, 5) is 4.69. The number of nitrogens with zero attached hydrogens (tertiary/aromatic N) is 1. The van der Waals surface area contributed by atoms with Gasteiger partial charge in [0.15, 0.2) is 11.5 Å².